The number of Topliss-reactive ketones (excluding diaryl/α,β-unsaturated/α-hetero) is 1. The fourth-order valence-corrected chi connectivity index (χ4v) is 4.73. The van der Waals surface area contributed by atoms with Crippen molar-refractivity contribution in [3.05, 3.63) is 70.7 Å². The average Bonchev–Trinajstić information content (AvgIpc) is 3.79. The average molecular weight is 659 g/mol. The maximum absolute atomic E-state index is 14.7. The van der Waals surface area contributed by atoms with E-state index in [-0.39, 0.29) is 5.56 Å². The molecule has 0 aliphatic heterocycles. The molecule has 1 aliphatic rings. The van der Waals surface area contributed by atoms with Gasteiger partial charge in [0.15, 0.2) is 0 Å². The summed E-state index contributed by atoms with van der Waals surface area (Å²) in [6.07, 6.45) is -3.97. The van der Waals surface area contributed by atoms with Crippen molar-refractivity contribution in [1.29, 1.82) is 0 Å². The maximum atomic E-state index is 14.7. The normalized spacial score (nSPS) is 16.1. The second kappa shape index (κ2) is 13.9. The molecule has 244 valence electrons. The molecule has 4 N–H and O–H groups in total. The molecule has 9 nitrogen and oxygen atoms in total. The molecular formula is C30H32ClF5N4O5. The Morgan fingerprint density at radius 3 is 2.00 bits per heavy atom. The molecule has 3 atom stereocenters. The van der Waals surface area contributed by atoms with E-state index in [2.05, 4.69) is 16.0 Å². The first kappa shape index (κ1) is 35.4. The van der Waals surface area contributed by atoms with Crippen LogP contribution in [0, 0.1) is 5.92 Å². The van der Waals surface area contributed by atoms with Gasteiger partial charge in [-0.3, -0.25) is 24.0 Å². The van der Waals surface area contributed by atoms with E-state index in [4.69, 9.17) is 11.6 Å². The molecule has 1 aliphatic carbocycles. The van der Waals surface area contributed by atoms with Gasteiger partial charge in [0.25, 0.3) is 5.91 Å². The smallest absolute Gasteiger partial charge is 0.344 e. The number of amides is 4. The third kappa shape index (κ3) is 8.77. The Kier molecular flexibility index (Phi) is 11.0. The van der Waals surface area contributed by atoms with Crippen LogP contribution in [-0.4, -0.2) is 60.1 Å². The van der Waals surface area contributed by atoms with Crippen molar-refractivity contribution in [1.82, 2.24) is 21.3 Å². The number of alkyl halides is 5. The Morgan fingerprint density at radius 1 is 0.844 bits per heavy atom. The Hall–Kier alpha value is -4.07. The van der Waals surface area contributed by atoms with Gasteiger partial charge in [-0.2, -0.15) is 22.0 Å². The van der Waals surface area contributed by atoms with Gasteiger partial charge < -0.3 is 21.3 Å². The number of benzene rings is 2. The van der Waals surface area contributed by atoms with Gasteiger partial charge in [0.05, 0.1) is 11.5 Å². The van der Waals surface area contributed by atoms with Crippen LogP contribution in [0.1, 0.15) is 50.8 Å². The van der Waals surface area contributed by atoms with E-state index < -0.39 is 77.5 Å². The third-order valence-corrected chi connectivity index (χ3v) is 7.51. The van der Waals surface area contributed by atoms with Crippen LogP contribution < -0.4 is 21.3 Å². The minimum atomic E-state index is -5.01. The van der Waals surface area contributed by atoms with E-state index in [1.807, 2.05) is 0 Å². The number of ketones is 1. The van der Waals surface area contributed by atoms with Crippen molar-refractivity contribution >= 4 is 41.0 Å². The van der Waals surface area contributed by atoms with Gasteiger partial charge in [-0.25, -0.2) is 0 Å². The Morgan fingerprint density at radius 2 is 1.47 bits per heavy atom. The molecular weight excluding hydrogens is 627 g/mol. The summed E-state index contributed by atoms with van der Waals surface area (Å²) in [7, 11) is 0. The lowest BCUT2D eigenvalue weighted by atomic mass is 9.94. The van der Waals surface area contributed by atoms with Crippen LogP contribution in [0.5, 0.6) is 0 Å². The Labute approximate surface area is 260 Å². The molecule has 45 heavy (non-hydrogen) atoms. The molecule has 0 bridgehead atoms. The van der Waals surface area contributed by atoms with E-state index in [0.717, 1.165) is 5.32 Å². The fraction of sp³-hybridized carbons (Fsp3) is 0.433. The fourth-order valence-electron chi connectivity index (χ4n) is 4.54. The van der Waals surface area contributed by atoms with Crippen LogP contribution in [-0.2, 0) is 29.4 Å². The molecule has 0 saturated heterocycles. The summed E-state index contributed by atoms with van der Waals surface area (Å²) < 4.78 is 66.6. The highest BCUT2D eigenvalue weighted by Crippen LogP contribution is 2.49. The van der Waals surface area contributed by atoms with Crippen LogP contribution in [0.15, 0.2) is 54.6 Å². The summed E-state index contributed by atoms with van der Waals surface area (Å²) in [6.45, 7) is 1.83. The van der Waals surface area contributed by atoms with Crippen molar-refractivity contribution in [3.63, 3.8) is 0 Å². The SMILES string of the molecule is CC(NC(=O)C1(c2cccc(Cl)c2)CC1)C(=O)NC(C(=O)N[C@H](C(=O)C(F)(F)C(=O)NCC(F)(F)F)C(C)C)c1ccccc1. The first-order valence-corrected chi connectivity index (χ1v) is 14.3. The monoisotopic (exact) mass is 658 g/mol. The van der Waals surface area contributed by atoms with E-state index in [9.17, 15) is 45.9 Å². The van der Waals surface area contributed by atoms with Gasteiger partial charge in [-0.15, -0.1) is 0 Å². The quantitative estimate of drug-likeness (QED) is 0.192. The van der Waals surface area contributed by atoms with Crippen molar-refractivity contribution < 1.29 is 45.9 Å². The van der Waals surface area contributed by atoms with Crippen LogP contribution in [0.2, 0.25) is 5.02 Å². The molecule has 2 unspecified atom stereocenters. The molecule has 0 radical (unpaired) electrons. The first-order valence-electron chi connectivity index (χ1n) is 13.9. The summed E-state index contributed by atoms with van der Waals surface area (Å²) in [6, 6.07) is 9.55. The number of halogens is 6. The number of carbonyl (C=O) groups is 5. The van der Waals surface area contributed by atoms with Crippen molar-refractivity contribution in [2.45, 2.75) is 69.3 Å². The van der Waals surface area contributed by atoms with Gasteiger partial charge in [0.2, 0.25) is 23.5 Å². The van der Waals surface area contributed by atoms with Gasteiger partial charge in [-0.1, -0.05) is 67.9 Å². The van der Waals surface area contributed by atoms with E-state index in [1.165, 1.54) is 45.0 Å². The summed E-state index contributed by atoms with van der Waals surface area (Å²) in [5.74, 6) is -13.0. The molecule has 0 heterocycles. The molecule has 3 rings (SSSR count). The number of hydrogen-bond donors (Lipinski definition) is 4. The Balaban J connectivity index is 1.77. The standard InChI is InChI=1S/C30H32ClF5N4O5/c1-16(2)21(23(41)30(35,36)27(45)37-15-29(32,33)34)39-25(43)22(18-8-5-4-6-9-18)40-24(42)17(3)38-26(44)28(12-13-28)19-10-7-11-20(31)14-19/h4-11,14,16-17,21-22H,12-13,15H2,1-3H3,(H,37,45)(H,38,44)(H,39,43)(H,40,42)/t17?,21-,22?/m0/s1. The van der Waals surface area contributed by atoms with Gasteiger partial charge in [0, 0.05) is 5.02 Å². The zero-order valence-electron chi connectivity index (χ0n) is 24.4. The highest BCUT2D eigenvalue weighted by Gasteiger charge is 2.53. The molecule has 1 fully saturated rings. The lowest BCUT2D eigenvalue weighted by Crippen LogP contribution is -2.58. The predicted octanol–water partition coefficient (Wildman–Crippen LogP) is 3.76. The number of nitrogens with one attached hydrogen (secondary N) is 4. The van der Waals surface area contributed by atoms with Crippen LogP contribution in [0.3, 0.4) is 0 Å². The zero-order valence-corrected chi connectivity index (χ0v) is 25.2. The molecule has 1 saturated carbocycles. The van der Waals surface area contributed by atoms with Crippen LogP contribution in [0.4, 0.5) is 22.0 Å². The highest BCUT2D eigenvalue weighted by molar-refractivity contribution is 6.30. The summed E-state index contributed by atoms with van der Waals surface area (Å²) >= 11 is 6.07. The van der Waals surface area contributed by atoms with Crippen LogP contribution in [0.25, 0.3) is 0 Å². The number of carbonyl (C=O) groups excluding carboxylic acids is 5. The highest BCUT2D eigenvalue weighted by atomic mass is 35.5. The summed E-state index contributed by atoms with van der Waals surface area (Å²) in [5, 5.41) is 8.60. The summed E-state index contributed by atoms with van der Waals surface area (Å²) in [5.41, 5.74) is -0.0167. The van der Waals surface area contributed by atoms with Gasteiger partial charge in [-0.05, 0) is 48.9 Å². The largest absolute Gasteiger partial charge is 0.405 e. The second-order valence-corrected chi connectivity index (χ2v) is 11.5. The van der Waals surface area contributed by atoms with E-state index in [1.54, 1.807) is 30.3 Å². The lowest BCUT2D eigenvalue weighted by Gasteiger charge is -2.28. The molecule has 0 aromatic heterocycles. The first-order chi connectivity index (χ1) is 20.9. The topological polar surface area (TPSA) is 133 Å². The summed E-state index contributed by atoms with van der Waals surface area (Å²) in [4.78, 5) is 64.3. The van der Waals surface area contributed by atoms with E-state index in [0.29, 0.717) is 23.4 Å². The van der Waals surface area contributed by atoms with Gasteiger partial charge >= 0.3 is 12.1 Å². The number of rotatable bonds is 13. The Bertz CT molecular complexity index is 1430. The second-order valence-electron chi connectivity index (χ2n) is 11.1. The molecule has 4 amide bonds. The van der Waals surface area contributed by atoms with Crippen molar-refractivity contribution in [2.24, 2.45) is 5.92 Å². The van der Waals surface area contributed by atoms with Crippen LogP contribution >= 0.6 is 11.6 Å². The molecule has 2 aromatic rings. The number of hydrogen-bond acceptors (Lipinski definition) is 5. The zero-order chi connectivity index (χ0) is 33.7. The third-order valence-electron chi connectivity index (χ3n) is 7.28. The molecule has 2 aromatic carbocycles. The molecule has 0 spiro atoms. The van der Waals surface area contributed by atoms with Crippen molar-refractivity contribution in [2.75, 3.05) is 6.54 Å². The van der Waals surface area contributed by atoms with Gasteiger partial charge in [0.1, 0.15) is 18.6 Å². The molecule has 15 heteroatoms. The minimum absolute atomic E-state index is 0.184. The predicted molar refractivity (Wildman–Crippen MR) is 153 cm³/mol. The maximum Gasteiger partial charge on any atom is 0.405 e. The van der Waals surface area contributed by atoms with E-state index >= 15 is 0 Å². The van der Waals surface area contributed by atoms with Crippen molar-refractivity contribution in [3.8, 4) is 0 Å². The lowest BCUT2D eigenvalue weighted by molar-refractivity contribution is -0.165. The minimum Gasteiger partial charge on any atom is -0.344 e.